The molecule has 0 heterocycles. The summed E-state index contributed by atoms with van der Waals surface area (Å²) in [6.45, 7) is 0. The lowest BCUT2D eigenvalue weighted by Crippen LogP contribution is -1.95. The minimum Gasteiger partial charge on any atom is -0.454 e. The first kappa shape index (κ1) is 11.3. The van der Waals surface area contributed by atoms with Gasteiger partial charge in [-0.2, -0.15) is 4.39 Å². The molecular formula is C12H8F3NO. The van der Waals surface area contributed by atoms with Crippen molar-refractivity contribution in [3.8, 4) is 11.5 Å². The molecule has 0 unspecified atom stereocenters. The SMILES string of the molecule is Nc1cccc(Oc2ccc(F)c(F)c2F)c1. The van der Waals surface area contributed by atoms with Crippen molar-refractivity contribution < 1.29 is 17.9 Å². The maximum Gasteiger partial charge on any atom is 0.204 e. The van der Waals surface area contributed by atoms with Crippen molar-refractivity contribution in [3.63, 3.8) is 0 Å². The van der Waals surface area contributed by atoms with Crippen LogP contribution >= 0.6 is 0 Å². The maximum atomic E-state index is 13.3. The van der Waals surface area contributed by atoms with Crippen molar-refractivity contribution in [1.29, 1.82) is 0 Å². The summed E-state index contributed by atoms with van der Waals surface area (Å²) >= 11 is 0. The molecule has 2 aromatic rings. The highest BCUT2D eigenvalue weighted by atomic mass is 19.2. The zero-order chi connectivity index (χ0) is 12.4. The Balaban J connectivity index is 2.34. The lowest BCUT2D eigenvalue weighted by Gasteiger charge is -2.07. The molecule has 0 fully saturated rings. The lowest BCUT2D eigenvalue weighted by atomic mass is 10.3. The van der Waals surface area contributed by atoms with Gasteiger partial charge in [-0.3, -0.25) is 0 Å². The fraction of sp³-hybridized carbons (Fsp3) is 0. The van der Waals surface area contributed by atoms with Gasteiger partial charge in [0.25, 0.3) is 0 Å². The first-order valence-corrected chi connectivity index (χ1v) is 4.75. The number of nitrogen functional groups attached to an aromatic ring is 1. The van der Waals surface area contributed by atoms with E-state index in [0.717, 1.165) is 12.1 Å². The first-order chi connectivity index (χ1) is 8.08. The predicted octanol–water partition coefficient (Wildman–Crippen LogP) is 3.48. The molecule has 0 saturated heterocycles. The molecule has 17 heavy (non-hydrogen) atoms. The minimum atomic E-state index is -1.56. The highest BCUT2D eigenvalue weighted by molar-refractivity contribution is 5.45. The Hall–Kier alpha value is -2.17. The molecule has 0 radical (unpaired) electrons. The van der Waals surface area contributed by atoms with Gasteiger partial charge in [-0.15, -0.1) is 0 Å². The van der Waals surface area contributed by atoms with E-state index in [2.05, 4.69) is 0 Å². The molecule has 0 aliphatic rings. The molecule has 0 saturated carbocycles. The Morgan fingerprint density at radius 3 is 2.41 bits per heavy atom. The highest BCUT2D eigenvalue weighted by Gasteiger charge is 2.14. The van der Waals surface area contributed by atoms with Crippen LogP contribution in [-0.4, -0.2) is 0 Å². The summed E-state index contributed by atoms with van der Waals surface area (Å²) < 4.78 is 43.9. The van der Waals surface area contributed by atoms with Crippen LogP contribution in [0.25, 0.3) is 0 Å². The summed E-state index contributed by atoms with van der Waals surface area (Å²) in [5, 5.41) is 0. The summed E-state index contributed by atoms with van der Waals surface area (Å²) in [6.07, 6.45) is 0. The number of rotatable bonds is 2. The molecule has 2 aromatic carbocycles. The van der Waals surface area contributed by atoms with E-state index in [0.29, 0.717) is 5.69 Å². The number of hydrogen-bond acceptors (Lipinski definition) is 2. The standard InChI is InChI=1S/C12H8F3NO/c13-9-4-5-10(12(15)11(9)14)17-8-3-1-2-7(16)6-8/h1-6H,16H2. The smallest absolute Gasteiger partial charge is 0.204 e. The predicted molar refractivity (Wildman–Crippen MR) is 57.2 cm³/mol. The molecule has 0 aliphatic carbocycles. The van der Waals surface area contributed by atoms with E-state index in [-0.39, 0.29) is 5.75 Å². The zero-order valence-corrected chi connectivity index (χ0v) is 8.58. The Kier molecular flexibility index (Phi) is 2.91. The molecule has 0 bridgehead atoms. The van der Waals surface area contributed by atoms with Crippen molar-refractivity contribution in [2.24, 2.45) is 0 Å². The molecule has 0 aromatic heterocycles. The van der Waals surface area contributed by atoms with E-state index in [1.54, 1.807) is 12.1 Å². The Morgan fingerprint density at radius 1 is 0.941 bits per heavy atom. The van der Waals surface area contributed by atoms with Gasteiger partial charge in [0.15, 0.2) is 17.4 Å². The van der Waals surface area contributed by atoms with Crippen molar-refractivity contribution in [2.75, 3.05) is 5.73 Å². The summed E-state index contributed by atoms with van der Waals surface area (Å²) in [5.41, 5.74) is 5.92. The first-order valence-electron chi connectivity index (χ1n) is 4.75. The maximum absolute atomic E-state index is 13.3. The average molecular weight is 239 g/mol. The Bertz CT molecular complexity index is 557. The van der Waals surface area contributed by atoms with Crippen LogP contribution in [0.15, 0.2) is 36.4 Å². The third-order valence-corrected chi connectivity index (χ3v) is 2.09. The third-order valence-electron chi connectivity index (χ3n) is 2.09. The van der Waals surface area contributed by atoms with Crippen LogP contribution in [0, 0.1) is 17.5 Å². The lowest BCUT2D eigenvalue weighted by molar-refractivity contribution is 0.394. The Morgan fingerprint density at radius 2 is 1.71 bits per heavy atom. The van der Waals surface area contributed by atoms with Gasteiger partial charge in [-0.05, 0) is 24.3 Å². The van der Waals surface area contributed by atoms with Gasteiger partial charge in [-0.1, -0.05) is 6.07 Å². The van der Waals surface area contributed by atoms with E-state index < -0.39 is 23.2 Å². The number of ether oxygens (including phenoxy) is 1. The number of benzene rings is 2. The number of anilines is 1. The van der Waals surface area contributed by atoms with Crippen LogP contribution < -0.4 is 10.5 Å². The zero-order valence-electron chi connectivity index (χ0n) is 8.58. The van der Waals surface area contributed by atoms with Gasteiger partial charge in [-0.25, -0.2) is 8.78 Å². The van der Waals surface area contributed by atoms with Crippen molar-refractivity contribution in [3.05, 3.63) is 53.8 Å². The van der Waals surface area contributed by atoms with Crippen LogP contribution in [0.2, 0.25) is 0 Å². The van der Waals surface area contributed by atoms with Crippen molar-refractivity contribution in [1.82, 2.24) is 0 Å². The molecule has 2 N–H and O–H groups in total. The average Bonchev–Trinajstić information content (AvgIpc) is 2.30. The molecule has 0 amide bonds. The number of nitrogens with two attached hydrogens (primary N) is 1. The van der Waals surface area contributed by atoms with Crippen LogP contribution in [0.3, 0.4) is 0 Å². The van der Waals surface area contributed by atoms with Gasteiger partial charge in [0.05, 0.1) is 0 Å². The van der Waals surface area contributed by atoms with Crippen LogP contribution in [-0.2, 0) is 0 Å². The third kappa shape index (κ3) is 2.33. The highest BCUT2D eigenvalue weighted by Crippen LogP contribution is 2.27. The van der Waals surface area contributed by atoms with E-state index in [9.17, 15) is 13.2 Å². The second-order valence-corrected chi connectivity index (χ2v) is 3.35. The molecule has 0 aliphatic heterocycles. The quantitative estimate of drug-likeness (QED) is 0.643. The van der Waals surface area contributed by atoms with E-state index >= 15 is 0 Å². The second kappa shape index (κ2) is 4.37. The minimum absolute atomic E-state index is 0.245. The number of hydrogen-bond donors (Lipinski definition) is 1. The van der Waals surface area contributed by atoms with Gasteiger partial charge in [0.2, 0.25) is 5.82 Å². The monoisotopic (exact) mass is 239 g/mol. The van der Waals surface area contributed by atoms with E-state index in [4.69, 9.17) is 10.5 Å². The summed E-state index contributed by atoms with van der Waals surface area (Å²) in [4.78, 5) is 0. The molecule has 0 atom stereocenters. The van der Waals surface area contributed by atoms with Gasteiger partial charge in [0.1, 0.15) is 5.75 Å². The fourth-order valence-corrected chi connectivity index (χ4v) is 1.29. The van der Waals surface area contributed by atoms with Crippen molar-refractivity contribution >= 4 is 5.69 Å². The largest absolute Gasteiger partial charge is 0.454 e. The van der Waals surface area contributed by atoms with E-state index in [1.807, 2.05) is 0 Å². The Labute approximate surface area is 95.4 Å². The normalized spacial score (nSPS) is 10.3. The summed E-state index contributed by atoms with van der Waals surface area (Å²) in [5.74, 6) is -4.34. The van der Waals surface area contributed by atoms with Crippen LogP contribution in [0.5, 0.6) is 11.5 Å². The van der Waals surface area contributed by atoms with Gasteiger partial charge in [0, 0.05) is 11.8 Å². The molecule has 5 heteroatoms. The molecule has 2 nitrogen and oxygen atoms in total. The van der Waals surface area contributed by atoms with Crippen LogP contribution in [0.4, 0.5) is 18.9 Å². The topological polar surface area (TPSA) is 35.2 Å². The van der Waals surface area contributed by atoms with E-state index in [1.165, 1.54) is 12.1 Å². The second-order valence-electron chi connectivity index (χ2n) is 3.35. The molecule has 2 rings (SSSR count). The summed E-state index contributed by atoms with van der Waals surface area (Å²) in [6, 6.07) is 7.99. The molecular weight excluding hydrogens is 231 g/mol. The number of halogens is 3. The van der Waals surface area contributed by atoms with Gasteiger partial charge >= 0.3 is 0 Å². The van der Waals surface area contributed by atoms with Crippen LogP contribution in [0.1, 0.15) is 0 Å². The molecule has 88 valence electrons. The fourth-order valence-electron chi connectivity index (χ4n) is 1.29. The van der Waals surface area contributed by atoms with Gasteiger partial charge < -0.3 is 10.5 Å². The van der Waals surface area contributed by atoms with Crippen molar-refractivity contribution in [2.45, 2.75) is 0 Å². The summed E-state index contributed by atoms with van der Waals surface area (Å²) in [7, 11) is 0. The molecule has 0 spiro atoms.